The van der Waals surface area contributed by atoms with Crippen LogP contribution >= 0.6 is 11.6 Å². The van der Waals surface area contributed by atoms with Crippen LogP contribution in [-0.2, 0) is 6.54 Å². The van der Waals surface area contributed by atoms with E-state index >= 15 is 0 Å². The minimum atomic E-state index is 0.494. The van der Waals surface area contributed by atoms with Gasteiger partial charge in [0.05, 0.1) is 12.7 Å². The number of rotatable bonds is 5. The molecule has 0 amide bonds. The van der Waals surface area contributed by atoms with E-state index in [2.05, 4.69) is 25.6 Å². The zero-order valence-electron chi connectivity index (χ0n) is 10.7. The molecular weight excluding hydrogens is 264 g/mol. The van der Waals surface area contributed by atoms with Crippen LogP contribution in [0.25, 0.3) is 0 Å². The second-order valence-corrected chi connectivity index (χ2v) is 5.07. The molecule has 0 radical (unpaired) electrons. The molecule has 1 N–H and O–H groups in total. The van der Waals surface area contributed by atoms with Crippen molar-refractivity contribution in [2.24, 2.45) is 0 Å². The molecule has 1 aliphatic rings. The summed E-state index contributed by atoms with van der Waals surface area (Å²) in [7, 11) is 0. The molecule has 0 saturated heterocycles. The van der Waals surface area contributed by atoms with E-state index in [1.54, 1.807) is 10.9 Å². The smallest absolute Gasteiger partial charge is 0.137 e. The minimum absolute atomic E-state index is 0.494. The lowest BCUT2D eigenvalue weighted by molar-refractivity contribution is 0.608. The summed E-state index contributed by atoms with van der Waals surface area (Å²) in [4.78, 5) is 8.90. The van der Waals surface area contributed by atoms with E-state index in [0.29, 0.717) is 11.1 Å². The fourth-order valence-electron chi connectivity index (χ4n) is 1.84. The van der Waals surface area contributed by atoms with Gasteiger partial charge < -0.3 is 5.32 Å². The van der Waals surface area contributed by atoms with Gasteiger partial charge in [-0.3, -0.25) is 4.68 Å². The molecule has 100 valence electrons. The fraction of sp³-hybridized carbons (Fsp3) is 0.500. The zero-order chi connectivity index (χ0) is 13.2. The molecule has 1 fully saturated rings. The highest BCUT2D eigenvalue weighted by Gasteiger charge is 2.27. The first-order valence-corrected chi connectivity index (χ1v) is 6.74. The van der Waals surface area contributed by atoms with Crippen LogP contribution < -0.4 is 5.32 Å². The molecule has 1 saturated carbocycles. The lowest BCUT2D eigenvalue weighted by Crippen LogP contribution is -2.14. The molecule has 19 heavy (non-hydrogen) atoms. The molecule has 6 nitrogen and oxygen atoms in total. The van der Waals surface area contributed by atoms with Crippen LogP contribution in [0.1, 0.15) is 30.1 Å². The summed E-state index contributed by atoms with van der Waals surface area (Å²) >= 11 is 6.15. The van der Waals surface area contributed by atoms with Gasteiger partial charge in [-0.2, -0.15) is 0 Å². The number of nitrogens with one attached hydrogen (secondary N) is 1. The lowest BCUT2D eigenvalue weighted by Gasteiger charge is -2.11. The molecule has 2 aromatic rings. The van der Waals surface area contributed by atoms with Crippen molar-refractivity contribution in [3.63, 3.8) is 0 Å². The average Bonchev–Trinajstić information content (AvgIpc) is 3.12. The first-order chi connectivity index (χ1) is 9.24. The van der Waals surface area contributed by atoms with E-state index in [0.717, 1.165) is 43.1 Å². The number of halogens is 1. The van der Waals surface area contributed by atoms with Crippen molar-refractivity contribution in [1.82, 2.24) is 25.0 Å². The molecule has 0 aliphatic heterocycles. The molecule has 0 spiro atoms. The van der Waals surface area contributed by atoms with Crippen LogP contribution in [0, 0.1) is 6.92 Å². The zero-order valence-corrected chi connectivity index (χ0v) is 11.4. The van der Waals surface area contributed by atoms with Crippen LogP contribution in [0.15, 0.2) is 12.4 Å². The normalized spacial score (nSPS) is 14.6. The van der Waals surface area contributed by atoms with E-state index in [-0.39, 0.29) is 0 Å². The summed E-state index contributed by atoms with van der Waals surface area (Å²) < 4.78 is 1.77. The van der Waals surface area contributed by atoms with Crippen molar-refractivity contribution in [1.29, 1.82) is 0 Å². The molecule has 1 aliphatic carbocycles. The number of aromatic nitrogens is 5. The molecule has 7 heteroatoms. The van der Waals surface area contributed by atoms with Gasteiger partial charge in [-0.15, -0.1) is 5.10 Å². The largest absolute Gasteiger partial charge is 0.368 e. The van der Waals surface area contributed by atoms with Crippen molar-refractivity contribution in [2.75, 3.05) is 11.9 Å². The Labute approximate surface area is 116 Å². The number of anilines is 1. The third-order valence-electron chi connectivity index (χ3n) is 3.15. The summed E-state index contributed by atoms with van der Waals surface area (Å²) in [5.41, 5.74) is 0.893. The van der Waals surface area contributed by atoms with Crippen LogP contribution in [0.5, 0.6) is 0 Å². The minimum Gasteiger partial charge on any atom is -0.368 e. The Balaban J connectivity index is 1.69. The molecule has 2 aromatic heterocycles. The van der Waals surface area contributed by atoms with E-state index in [1.165, 1.54) is 0 Å². The first-order valence-electron chi connectivity index (χ1n) is 6.36. The van der Waals surface area contributed by atoms with E-state index in [9.17, 15) is 0 Å². The van der Waals surface area contributed by atoms with Crippen molar-refractivity contribution >= 4 is 17.4 Å². The Morgan fingerprint density at radius 2 is 2.26 bits per heavy atom. The highest BCUT2D eigenvalue weighted by molar-refractivity contribution is 6.30. The number of nitrogens with zero attached hydrogens (tertiary/aromatic N) is 5. The fourth-order valence-corrected chi connectivity index (χ4v) is 2.02. The summed E-state index contributed by atoms with van der Waals surface area (Å²) in [6.07, 6.45) is 5.82. The van der Waals surface area contributed by atoms with Crippen molar-refractivity contribution in [2.45, 2.75) is 32.2 Å². The summed E-state index contributed by atoms with van der Waals surface area (Å²) in [6.45, 7) is 3.39. The average molecular weight is 279 g/mol. The summed E-state index contributed by atoms with van der Waals surface area (Å²) in [6, 6.07) is 0. The van der Waals surface area contributed by atoms with Gasteiger partial charge >= 0.3 is 0 Å². The van der Waals surface area contributed by atoms with Gasteiger partial charge in [0.25, 0.3) is 0 Å². The molecule has 0 unspecified atom stereocenters. The van der Waals surface area contributed by atoms with E-state index in [4.69, 9.17) is 11.6 Å². The van der Waals surface area contributed by atoms with Gasteiger partial charge in [0.1, 0.15) is 16.8 Å². The Kier molecular flexibility index (Phi) is 3.33. The van der Waals surface area contributed by atoms with Crippen LogP contribution in [0.3, 0.4) is 0 Å². The lowest BCUT2D eigenvalue weighted by atomic mass is 10.3. The third kappa shape index (κ3) is 2.84. The maximum absolute atomic E-state index is 6.15. The predicted octanol–water partition coefficient (Wildman–Crippen LogP) is 2.02. The Morgan fingerprint density at radius 3 is 2.95 bits per heavy atom. The maximum Gasteiger partial charge on any atom is 0.137 e. The van der Waals surface area contributed by atoms with Gasteiger partial charge in [0.15, 0.2) is 0 Å². The van der Waals surface area contributed by atoms with E-state index in [1.807, 2.05) is 13.1 Å². The molecule has 0 bridgehead atoms. The summed E-state index contributed by atoms with van der Waals surface area (Å²) in [5, 5.41) is 11.5. The molecule has 2 heterocycles. The molecule has 0 aromatic carbocycles. The predicted molar refractivity (Wildman–Crippen MR) is 72.3 cm³/mol. The Hall–Kier alpha value is -1.69. The Morgan fingerprint density at radius 1 is 1.42 bits per heavy atom. The SMILES string of the molecule is Cc1c(Cl)nc(C2CC2)nc1NCCn1ccnn1. The second kappa shape index (κ2) is 5.13. The molecule has 0 atom stereocenters. The highest BCUT2D eigenvalue weighted by Crippen LogP contribution is 2.39. The van der Waals surface area contributed by atoms with E-state index < -0.39 is 0 Å². The second-order valence-electron chi connectivity index (χ2n) is 4.71. The van der Waals surface area contributed by atoms with Crippen LogP contribution in [0.4, 0.5) is 5.82 Å². The van der Waals surface area contributed by atoms with Crippen LogP contribution in [-0.4, -0.2) is 31.5 Å². The highest BCUT2D eigenvalue weighted by atomic mass is 35.5. The molecular formula is C12H15ClN6. The monoisotopic (exact) mass is 278 g/mol. The third-order valence-corrected chi connectivity index (χ3v) is 3.52. The van der Waals surface area contributed by atoms with Gasteiger partial charge in [-0.05, 0) is 19.8 Å². The molecule has 3 rings (SSSR count). The number of hydrogen-bond donors (Lipinski definition) is 1. The van der Waals surface area contributed by atoms with Crippen molar-refractivity contribution < 1.29 is 0 Å². The van der Waals surface area contributed by atoms with Gasteiger partial charge in [-0.25, -0.2) is 9.97 Å². The summed E-state index contributed by atoms with van der Waals surface area (Å²) in [5.74, 6) is 2.18. The van der Waals surface area contributed by atoms with Crippen molar-refractivity contribution in [3.05, 3.63) is 28.9 Å². The Bertz CT molecular complexity index is 564. The van der Waals surface area contributed by atoms with Gasteiger partial charge in [0, 0.05) is 24.2 Å². The first kappa shape index (κ1) is 12.3. The quantitative estimate of drug-likeness (QED) is 0.848. The van der Waals surface area contributed by atoms with Gasteiger partial charge in [-0.1, -0.05) is 16.8 Å². The van der Waals surface area contributed by atoms with Crippen LogP contribution in [0.2, 0.25) is 5.15 Å². The van der Waals surface area contributed by atoms with Gasteiger partial charge in [0.2, 0.25) is 0 Å². The number of hydrogen-bond acceptors (Lipinski definition) is 5. The standard InChI is InChI=1S/C12H15ClN6/c1-8-10(13)16-12(9-2-3-9)17-11(8)14-4-6-19-7-5-15-18-19/h5,7,9H,2-4,6H2,1H3,(H,14,16,17). The van der Waals surface area contributed by atoms with Crippen molar-refractivity contribution in [3.8, 4) is 0 Å². The topological polar surface area (TPSA) is 68.5 Å². The maximum atomic E-state index is 6.15.